The minimum Gasteiger partial charge on any atom is -0.300 e. The van der Waals surface area contributed by atoms with Crippen molar-refractivity contribution >= 4 is 37.2 Å². The van der Waals surface area contributed by atoms with Crippen molar-refractivity contribution in [2.24, 2.45) is 0 Å². The predicted octanol–water partition coefficient (Wildman–Crippen LogP) is 7.14. The average molecular weight is 363 g/mol. The third-order valence-corrected chi connectivity index (χ3v) is 6.16. The first-order valence-corrected chi connectivity index (χ1v) is 9.78. The molecule has 4 aromatic carbocycles. The second-order valence-electron chi connectivity index (χ2n) is 6.60. The molecule has 0 unspecified atom stereocenters. The molecule has 0 aliphatic rings. The quantitative estimate of drug-likeness (QED) is 0.329. The fourth-order valence-electron chi connectivity index (χ4n) is 3.57. The van der Waals surface area contributed by atoms with E-state index in [-0.39, 0.29) is 0 Å². The molecule has 27 heavy (non-hydrogen) atoms. The van der Waals surface area contributed by atoms with Gasteiger partial charge in [-0.05, 0) is 23.3 Å². The molecule has 5 rings (SSSR count). The third kappa shape index (κ3) is 2.75. The third-order valence-electron chi connectivity index (χ3n) is 4.94. The summed E-state index contributed by atoms with van der Waals surface area (Å²) in [6, 6.07) is 33.4. The summed E-state index contributed by atoms with van der Waals surface area (Å²) < 4.78 is 2.45. The molecule has 2 heteroatoms. The van der Waals surface area contributed by atoms with Gasteiger partial charge in [0.05, 0.1) is 5.71 Å². The highest BCUT2D eigenvalue weighted by Gasteiger charge is 2.13. The lowest BCUT2D eigenvalue weighted by Gasteiger charge is -2.06. The molecule has 0 radical (unpaired) electrons. The van der Waals surface area contributed by atoms with Gasteiger partial charge in [-0.1, -0.05) is 84.9 Å². The zero-order chi connectivity index (χ0) is 18.2. The van der Waals surface area contributed by atoms with Crippen LogP contribution in [0.25, 0.3) is 31.3 Å². The van der Waals surface area contributed by atoms with E-state index in [1.807, 2.05) is 36.4 Å². The van der Waals surface area contributed by atoms with Crippen LogP contribution in [0.5, 0.6) is 0 Å². The Bertz CT molecular complexity index is 1270. The molecule has 0 aliphatic heterocycles. The molecule has 0 spiro atoms. The van der Waals surface area contributed by atoms with Crippen LogP contribution in [0.1, 0.15) is 11.1 Å². The average Bonchev–Trinajstić information content (AvgIpc) is 3.12. The Kier molecular flexibility index (Phi) is 3.84. The summed E-state index contributed by atoms with van der Waals surface area (Å²) in [5.41, 5.74) is 4.99. The second kappa shape index (κ2) is 6.49. The van der Waals surface area contributed by atoms with Crippen LogP contribution < -0.4 is 0 Å². The van der Waals surface area contributed by atoms with Gasteiger partial charge in [0, 0.05) is 31.3 Å². The first-order chi connectivity index (χ1) is 13.3. The number of rotatable bonds is 3. The molecule has 0 saturated carbocycles. The smallest absolute Gasteiger partial charge is 0.0698 e. The van der Waals surface area contributed by atoms with Crippen LogP contribution in [0.3, 0.4) is 0 Å². The number of fused-ring (bicyclic) bond motifs is 3. The zero-order valence-electron chi connectivity index (χ0n) is 14.6. The topological polar surface area (TPSA) is 23.9 Å². The normalized spacial score (nSPS) is 11.1. The summed E-state index contributed by atoms with van der Waals surface area (Å²) in [4.78, 5) is 0. The first kappa shape index (κ1) is 16.0. The van der Waals surface area contributed by atoms with E-state index in [0.29, 0.717) is 5.71 Å². The summed E-state index contributed by atoms with van der Waals surface area (Å²) in [6.45, 7) is 0. The Balaban J connectivity index is 1.71. The van der Waals surface area contributed by atoms with Crippen molar-refractivity contribution < 1.29 is 0 Å². The first-order valence-electron chi connectivity index (χ1n) is 8.96. The monoisotopic (exact) mass is 363 g/mol. The molecular formula is C25H17NS. The summed E-state index contributed by atoms with van der Waals surface area (Å²) in [6.07, 6.45) is 0. The standard InChI is InChI=1S/C25H17NS/c26-24(18-10-5-2-6-11-18)21-13-7-12-20-22-16-19(17-8-3-1-4-9-17)14-15-23(22)27-25(20)21/h1-16,26H. The maximum absolute atomic E-state index is 8.71. The lowest BCUT2D eigenvalue weighted by Crippen LogP contribution is -2.00. The van der Waals surface area contributed by atoms with E-state index >= 15 is 0 Å². The Hall–Kier alpha value is -3.23. The van der Waals surface area contributed by atoms with Gasteiger partial charge in [0.25, 0.3) is 0 Å². The van der Waals surface area contributed by atoms with Crippen LogP contribution >= 0.6 is 11.3 Å². The summed E-state index contributed by atoms with van der Waals surface area (Å²) in [7, 11) is 0. The van der Waals surface area contributed by atoms with E-state index in [2.05, 4.69) is 60.7 Å². The van der Waals surface area contributed by atoms with Crippen molar-refractivity contribution in [2.75, 3.05) is 0 Å². The van der Waals surface area contributed by atoms with Crippen molar-refractivity contribution in [3.8, 4) is 11.1 Å². The maximum Gasteiger partial charge on any atom is 0.0698 e. The Labute approximate surface area is 162 Å². The number of benzene rings is 4. The fraction of sp³-hybridized carbons (Fsp3) is 0. The molecule has 128 valence electrons. The minimum atomic E-state index is 0.580. The molecular weight excluding hydrogens is 346 g/mol. The molecule has 1 heterocycles. The van der Waals surface area contributed by atoms with Gasteiger partial charge in [-0.25, -0.2) is 0 Å². The highest BCUT2D eigenvalue weighted by Crippen LogP contribution is 2.38. The van der Waals surface area contributed by atoms with Crippen molar-refractivity contribution in [1.29, 1.82) is 5.41 Å². The van der Waals surface area contributed by atoms with Crippen LogP contribution in [-0.4, -0.2) is 5.71 Å². The van der Waals surface area contributed by atoms with Crippen molar-refractivity contribution in [1.82, 2.24) is 0 Å². The molecule has 0 amide bonds. The summed E-state index contributed by atoms with van der Waals surface area (Å²) in [5.74, 6) is 0. The minimum absolute atomic E-state index is 0.580. The zero-order valence-corrected chi connectivity index (χ0v) is 15.5. The molecule has 1 aromatic heterocycles. The van der Waals surface area contributed by atoms with Crippen LogP contribution in [0.2, 0.25) is 0 Å². The number of hydrogen-bond donors (Lipinski definition) is 1. The number of hydrogen-bond acceptors (Lipinski definition) is 2. The molecule has 0 aliphatic carbocycles. The Morgan fingerprint density at radius 3 is 2.15 bits per heavy atom. The molecule has 1 N–H and O–H groups in total. The van der Waals surface area contributed by atoms with Gasteiger partial charge in [0.1, 0.15) is 0 Å². The molecule has 0 fully saturated rings. The van der Waals surface area contributed by atoms with Gasteiger partial charge in [0.15, 0.2) is 0 Å². The van der Waals surface area contributed by atoms with Gasteiger partial charge in [-0.3, -0.25) is 5.41 Å². The van der Waals surface area contributed by atoms with Gasteiger partial charge >= 0.3 is 0 Å². The van der Waals surface area contributed by atoms with Crippen LogP contribution in [-0.2, 0) is 0 Å². The number of thiophene rings is 1. The van der Waals surface area contributed by atoms with Gasteiger partial charge in [-0.15, -0.1) is 11.3 Å². The largest absolute Gasteiger partial charge is 0.300 e. The van der Waals surface area contributed by atoms with Crippen LogP contribution in [0.4, 0.5) is 0 Å². The molecule has 0 atom stereocenters. The van der Waals surface area contributed by atoms with E-state index in [1.54, 1.807) is 11.3 Å². The van der Waals surface area contributed by atoms with Crippen molar-refractivity contribution in [3.63, 3.8) is 0 Å². The fourth-order valence-corrected chi connectivity index (χ4v) is 4.77. The van der Waals surface area contributed by atoms with E-state index in [1.165, 1.54) is 31.3 Å². The van der Waals surface area contributed by atoms with Crippen LogP contribution in [0, 0.1) is 5.41 Å². The highest BCUT2D eigenvalue weighted by molar-refractivity contribution is 7.26. The van der Waals surface area contributed by atoms with Gasteiger partial charge in [0.2, 0.25) is 0 Å². The predicted molar refractivity (Wildman–Crippen MR) is 117 cm³/mol. The Morgan fingerprint density at radius 2 is 1.37 bits per heavy atom. The van der Waals surface area contributed by atoms with E-state index in [9.17, 15) is 0 Å². The van der Waals surface area contributed by atoms with Gasteiger partial charge < -0.3 is 0 Å². The number of nitrogens with one attached hydrogen (secondary N) is 1. The van der Waals surface area contributed by atoms with Crippen LogP contribution in [0.15, 0.2) is 97.1 Å². The lowest BCUT2D eigenvalue weighted by atomic mass is 9.99. The van der Waals surface area contributed by atoms with Crippen molar-refractivity contribution in [3.05, 3.63) is 108 Å². The Morgan fingerprint density at radius 1 is 0.630 bits per heavy atom. The summed E-state index contributed by atoms with van der Waals surface area (Å²) >= 11 is 1.77. The maximum atomic E-state index is 8.71. The SMILES string of the molecule is N=C(c1ccccc1)c1cccc2c1sc1ccc(-c3ccccc3)cc12. The molecule has 1 nitrogen and oxygen atoms in total. The second-order valence-corrected chi connectivity index (χ2v) is 7.65. The van der Waals surface area contributed by atoms with E-state index in [4.69, 9.17) is 5.41 Å². The molecule has 0 saturated heterocycles. The highest BCUT2D eigenvalue weighted by atomic mass is 32.1. The van der Waals surface area contributed by atoms with E-state index < -0.39 is 0 Å². The molecule has 5 aromatic rings. The molecule has 0 bridgehead atoms. The lowest BCUT2D eigenvalue weighted by molar-refractivity contribution is 1.47. The van der Waals surface area contributed by atoms with E-state index in [0.717, 1.165) is 11.1 Å². The summed E-state index contributed by atoms with van der Waals surface area (Å²) in [5, 5.41) is 11.2. The van der Waals surface area contributed by atoms with Gasteiger partial charge in [-0.2, -0.15) is 0 Å². The van der Waals surface area contributed by atoms with Crippen molar-refractivity contribution in [2.45, 2.75) is 0 Å².